The largest absolute Gasteiger partial charge is 0.383 e. The van der Waals surface area contributed by atoms with Crippen LogP contribution in [0.25, 0.3) is 0 Å². The Balaban J connectivity index is 2.50. The third kappa shape index (κ3) is 6.37. The van der Waals surface area contributed by atoms with Crippen molar-refractivity contribution in [2.45, 2.75) is 19.8 Å². The molecule has 0 aliphatic heterocycles. The number of benzene rings is 1. The summed E-state index contributed by atoms with van der Waals surface area (Å²) >= 11 is 0. The highest BCUT2D eigenvalue weighted by molar-refractivity contribution is 5.97. The first-order valence-corrected chi connectivity index (χ1v) is 7.44. The maximum absolute atomic E-state index is 12.2. The van der Waals surface area contributed by atoms with Gasteiger partial charge in [-0.3, -0.25) is 9.59 Å². The van der Waals surface area contributed by atoms with Crippen LogP contribution in [0, 0.1) is 6.92 Å². The van der Waals surface area contributed by atoms with Gasteiger partial charge in [0.15, 0.2) is 5.78 Å². The molecule has 0 heterocycles. The van der Waals surface area contributed by atoms with Gasteiger partial charge < -0.3 is 14.4 Å². The van der Waals surface area contributed by atoms with Crippen molar-refractivity contribution in [1.29, 1.82) is 0 Å². The summed E-state index contributed by atoms with van der Waals surface area (Å²) in [6.07, 6.45) is 0.429. The Hall–Kier alpha value is -1.72. The van der Waals surface area contributed by atoms with E-state index >= 15 is 0 Å². The lowest BCUT2D eigenvalue weighted by molar-refractivity contribution is -0.132. The Bertz CT molecular complexity index is 462. The molecular formula is C17H25NO4. The third-order valence-electron chi connectivity index (χ3n) is 3.42. The van der Waals surface area contributed by atoms with Crippen LogP contribution in [0.15, 0.2) is 24.3 Å². The molecule has 0 saturated carbocycles. The summed E-state index contributed by atoms with van der Waals surface area (Å²) in [4.78, 5) is 26.0. The van der Waals surface area contributed by atoms with Crippen molar-refractivity contribution in [3.8, 4) is 0 Å². The van der Waals surface area contributed by atoms with E-state index in [9.17, 15) is 9.59 Å². The molecule has 22 heavy (non-hydrogen) atoms. The lowest BCUT2D eigenvalue weighted by Crippen LogP contribution is -2.36. The molecule has 1 aromatic carbocycles. The Morgan fingerprint density at radius 1 is 0.955 bits per heavy atom. The first kappa shape index (κ1) is 18.3. The molecule has 0 atom stereocenters. The van der Waals surface area contributed by atoms with Crippen molar-refractivity contribution in [2.24, 2.45) is 0 Å². The van der Waals surface area contributed by atoms with Crippen LogP contribution < -0.4 is 0 Å². The fraction of sp³-hybridized carbons (Fsp3) is 0.529. The number of rotatable bonds is 10. The molecule has 0 unspecified atom stereocenters. The number of hydrogen-bond donors (Lipinski definition) is 0. The molecule has 1 rings (SSSR count). The molecule has 1 amide bonds. The van der Waals surface area contributed by atoms with Crippen LogP contribution in [0.4, 0.5) is 0 Å². The first-order valence-electron chi connectivity index (χ1n) is 7.44. The number of amides is 1. The zero-order valence-electron chi connectivity index (χ0n) is 13.6. The molecule has 5 nitrogen and oxygen atoms in total. The minimum Gasteiger partial charge on any atom is -0.383 e. The minimum absolute atomic E-state index is 0.00761. The molecule has 0 bridgehead atoms. The molecular weight excluding hydrogens is 282 g/mol. The normalized spacial score (nSPS) is 10.5. The number of hydrogen-bond acceptors (Lipinski definition) is 4. The SMILES string of the molecule is COCCN(CCOC)C(=O)CCC(=O)c1ccc(C)cc1. The molecule has 0 saturated heterocycles. The molecule has 1 aromatic rings. The van der Waals surface area contributed by atoms with Gasteiger partial charge in [-0.1, -0.05) is 29.8 Å². The average molecular weight is 307 g/mol. The number of Topliss-reactive ketones (excluding diaryl/α,β-unsaturated/α-hetero) is 1. The van der Waals surface area contributed by atoms with E-state index in [1.54, 1.807) is 31.3 Å². The molecule has 0 fully saturated rings. The summed E-state index contributed by atoms with van der Waals surface area (Å²) in [6, 6.07) is 7.41. The smallest absolute Gasteiger partial charge is 0.223 e. The van der Waals surface area contributed by atoms with Crippen molar-refractivity contribution in [1.82, 2.24) is 4.90 Å². The Morgan fingerprint density at radius 3 is 2.00 bits per heavy atom. The molecule has 0 N–H and O–H groups in total. The average Bonchev–Trinajstić information content (AvgIpc) is 2.53. The summed E-state index contributed by atoms with van der Waals surface area (Å²) in [6.45, 7) is 3.94. The summed E-state index contributed by atoms with van der Waals surface area (Å²) < 4.78 is 10.0. The number of carbonyl (C=O) groups is 2. The van der Waals surface area contributed by atoms with Gasteiger partial charge >= 0.3 is 0 Å². The third-order valence-corrected chi connectivity index (χ3v) is 3.42. The molecule has 0 aliphatic rings. The van der Waals surface area contributed by atoms with Gasteiger partial charge in [-0.25, -0.2) is 0 Å². The molecule has 122 valence electrons. The highest BCUT2D eigenvalue weighted by atomic mass is 16.5. The molecule has 0 spiro atoms. The second-order valence-corrected chi connectivity index (χ2v) is 5.16. The molecule has 0 aliphatic carbocycles. The van der Waals surface area contributed by atoms with Crippen molar-refractivity contribution in [3.05, 3.63) is 35.4 Å². The zero-order chi connectivity index (χ0) is 16.4. The van der Waals surface area contributed by atoms with Gasteiger partial charge in [-0.2, -0.15) is 0 Å². The van der Waals surface area contributed by atoms with Crippen molar-refractivity contribution in [3.63, 3.8) is 0 Å². The fourth-order valence-corrected chi connectivity index (χ4v) is 2.03. The standard InChI is InChI=1S/C17H25NO4/c1-14-4-6-15(7-5-14)16(19)8-9-17(20)18(10-12-21-2)11-13-22-3/h4-7H,8-13H2,1-3H3. The Morgan fingerprint density at radius 2 is 1.50 bits per heavy atom. The number of carbonyl (C=O) groups excluding carboxylic acids is 2. The zero-order valence-corrected chi connectivity index (χ0v) is 13.6. The second-order valence-electron chi connectivity index (χ2n) is 5.16. The van der Waals surface area contributed by atoms with E-state index in [4.69, 9.17) is 9.47 Å². The van der Waals surface area contributed by atoms with Crippen LogP contribution in [-0.4, -0.2) is 57.1 Å². The van der Waals surface area contributed by atoms with E-state index in [2.05, 4.69) is 0 Å². The van der Waals surface area contributed by atoms with Gasteiger partial charge in [-0.05, 0) is 6.92 Å². The Kier molecular flexibility index (Phi) is 8.40. The quantitative estimate of drug-likeness (QED) is 0.621. The van der Waals surface area contributed by atoms with E-state index in [0.717, 1.165) is 5.56 Å². The topological polar surface area (TPSA) is 55.8 Å². The second kappa shape index (κ2) is 10.1. The van der Waals surface area contributed by atoms with Crippen LogP contribution in [0.5, 0.6) is 0 Å². The lowest BCUT2D eigenvalue weighted by Gasteiger charge is -2.21. The summed E-state index contributed by atoms with van der Waals surface area (Å²) in [5.41, 5.74) is 1.76. The molecule has 0 aromatic heterocycles. The minimum atomic E-state index is -0.0467. The van der Waals surface area contributed by atoms with E-state index in [1.807, 2.05) is 19.1 Å². The maximum atomic E-state index is 12.2. The van der Waals surface area contributed by atoms with Gasteiger partial charge in [0.2, 0.25) is 5.91 Å². The van der Waals surface area contributed by atoms with E-state index < -0.39 is 0 Å². The van der Waals surface area contributed by atoms with Crippen molar-refractivity contribution < 1.29 is 19.1 Å². The monoisotopic (exact) mass is 307 g/mol. The highest BCUT2D eigenvalue weighted by Crippen LogP contribution is 2.09. The van der Waals surface area contributed by atoms with Crippen LogP contribution in [0.2, 0.25) is 0 Å². The number of aryl methyl sites for hydroxylation is 1. The van der Waals surface area contributed by atoms with Gasteiger partial charge in [0.1, 0.15) is 0 Å². The van der Waals surface area contributed by atoms with Crippen LogP contribution >= 0.6 is 0 Å². The fourth-order valence-electron chi connectivity index (χ4n) is 2.03. The van der Waals surface area contributed by atoms with E-state index in [1.165, 1.54) is 0 Å². The van der Waals surface area contributed by atoms with Gasteiger partial charge in [0.05, 0.1) is 13.2 Å². The van der Waals surface area contributed by atoms with Crippen LogP contribution in [0.1, 0.15) is 28.8 Å². The summed E-state index contributed by atoms with van der Waals surface area (Å²) in [7, 11) is 3.19. The summed E-state index contributed by atoms with van der Waals surface area (Å²) in [5.74, 6) is -0.0543. The van der Waals surface area contributed by atoms with E-state index in [-0.39, 0.29) is 24.5 Å². The summed E-state index contributed by atoms with van der Waals surface area (Å²) in [5, 5.41) is 0. The van der Waals surface area contributed by atoms with E-state index in [0.29, 0.717) is 31.9 Å². The van der Waals surface area contributed by atoms with Gasteiger partial charge in [-0.15, -0.1) is 0 Å². The highest BCUT2D eigenvalue weighted by Gasteiger charge is 2.15. The van der Waals surface area contributed by atoms with Gasteiger partial charge in [0.25, 0.3) is 0 Å². The maximum Gasteiger partial charge on any atom is 0.223 e. The first-order chi connectivity index (χ1) is 10.6. The number of nitrogens with zero attached hydrogens (tertiary/aromatic N) is 1. The van der Waals surface area contributed by atoms with Gasteiger partial charge in [0, 0.05) is 45.7 Å². The number of ether oxygens (including phenoxy) is 2. The van der Waals surface area contributed by atoms with Crippen molar-refractivity contribution in [2.75, 3.05) is 40.5 Å². The number of ketones is 1. The predicted octanol–water partition coefficient (Wildman–Crippen LogP) is 2.08. The predicted molar refractivity (Wildman–Crippen MR) is 85.1 cm³/mol. The molecule has 0 radical (unpaired) electrons. The number of methoxy groups -OCH3 is 2. The lowest BCUT2D eigenvalue weighted by atomic mass is 10.0. The van der Waals surface area contributed by atoms with Crippen molar-refractivity contribution >= 4 is 11.7 Å². The Labute approximate surface area is 132 Å². The molecule has 5 heteroatoms. The van der Waals surface area contributed by atoms with Crippen LogP contribution in [-0.2, 0) is 14.3 Å². The van der Waals surface area contributed by atoms with Crippen LogP contribution in [0.3, 0.4) is 0 Å².